The zero-order valence-electron chi connectivity index (χ0n) is 16.0. The highest BCUT2D eigenvalue weighted by atomic mass is 16.3. The molecule has 1 aliphatic carbocycles. The van der Waals surface area contributed by atoms with Gasteiger partial charge in [-0.1, -0.05) is 49.4 Å². The van der Waals surface area contributed by atoms with Gasteiger partial charge in [0.2, 0.25) is 0 Å². The van der Waals surface area contributed by atoms with Gasteiger partial charge in [0.05, 0.1) is 6.10 Å². The van der Waals surface area contributed by atoms with Gasteiger partial charge in [0.1, 0.15) is 17.7 Å². The van der Waals surface area contributed by atoms with Crippen LogP contribution in [0.25, 0.3) is 33.3 Å². The number of aliphatic hydroxyl groups excluding tert-OH is 1. The van der Waals surface area contributed by atoms with Crippen LogP contribution in [0.2, 0.25) is 0 Å². The van der Waals surface area contributed by atoms with Crippen molar-refractivity contribution in [3.63, 3.8) is 0 Å². The van der Waals surface area contributed by atoms with Gasteiger partial charge < -0.3 is 15.0 Å². The minimum atomic E-state index is -0.252. The maximum Gasteiger partial charge on any atom is 0.183 e. The molecule has 0 spiro atoms. The lowest BCUT2D eigenvalue weighted by molar-refractivity contribution is 0.140. The van der Waals surface area contributed by atoms with Crippen molar-refractivity contribution in [2.24, 2.45) is 5.92 Å². The first-order valence-corrected chi connectivity index (χ1v) is 9.71. The first kappa shape index (κ1) is 17.1. The van der Waals surface area contributed by atoms with E-state index < -0.39 is 0 Å². The average molecular weight is 373 g/mol. The van der Waals surface area contributed by atoms with Gasteiger partial charge in [-0.3, -0.25) is 0 Å². The molecule has 2 heterocycles. The number of rotatable bonds is 3. The van der Waals surface area contributed by atoms with E-state index >= 15 is 0 Å². The molecule has 6 heteroatoms. The summed E-state index contributed by atoms with van der Waals surface area (Å²) in [6.07, 6.45) is 3.02. The third-order valence-electron chi connectivity index (χ3n) is 6.01. The predicted molar refractivity (Wildman–Crippen MR) is 111 cm³/mol. The third-order valence-corrected chi connectivity index (χ3v) is 6.01. The van der Waals surface area contributed by atoms with E-state index in [0.717, 1.165) is 41.0 Å². The average Bonchev–Trinajstić information content (AvgIpc) is 3.30. The Morgan fingerprint density at radius 1 is 1.07 bits per heavy atom. The lowest BCUT2D eigenvalue weighted by Gasteiger charge is -2.25. The maximum atomic E-state index is 10.2. The molecule has 28 heavy (non-hydrogen) atoms. The van der Waals surface area contributed by atoms with Gasteiger partial charge in [0.15, 0.2) is 11.5 Å². The van der Waals surface area contributed by atoms with Crippen molar-refractivity contribution < 1.29 is 5.11 Å². The summed E-state index contributed by atoms with van der Waals surface area (Å²) >= 11 is 0. The largest absolute Gasteiger partial charge is 0.393 e. The predicted octanol–water partition coefficient (Wildman–Crippen LogP) is 3.77. The van der Waals surface area contributed by atoms with Crippen molar-refractivity contribution in [1.29, 1.82) is 0 Å². The fraction of sp³-hybridized carbons (Fsp3) is 0.318. The van der Waals surface area contributed by atoms with Crippen molar-refractivity contribution in [2.75, 3.05) is 11.9 Å². The summed E-state index contributed by atoms with van der Waals surface area (Å²) < 4.78 is 0. The Kier molecular flexibility index (Phi) is 4.02. The number of benzene rings is 2. The van der Waals surface area contributed by atoms with Crippen LogP contribution in [0.3, 0.4) is 0 Å². The highest BCUT2D eigenvalue weighted by molar-refractivity contribution is 5.97. The molecule has 2 aromatic carbocycles. The minimum Gasteiger partial charge on any atom is -0.393 e. The van der Waals surface area contributed by atoms with Crippen LogP contribution in [0.4, 0.5) is 5.82 Å². The van der Waals surface area contributed by atoms with E-state index in [1.165, 1.54) is 5.39 Å². The van der Waals surface area contributed by atoms with Gasteiger partial charge in [-0.2, -0.15) is 0 Å². The minimum absolute atomic E-state index is 0.252. The topological polar surface area (TPSA) is 77.9 Å². The number of aromatic nitrogens is 4. The van der Waals surface area contributed by atoms with Crippen LogP contribution in [-0.4, -0.2) is 44.2 Å². The second-order valence-corrected chi connectivity index (χ2v) is 7.79. The summed E-state index contributed by atoms with van der Waals surface area (Å²) in [6, 6.07) is 14.8. The highest BCUT2D eigenvalue weighted by Gasteiger charge is 2.33. The van der Waals surface area contributed by atoms with Crippen LogP contribution >= 0.6 is 0 Å². The summed E-state index contributed by atoms with van der Waals surface area (Å²) in [6.45, 7) is 2.10. The van der Waals surface area contributed by atoms with Crippen LogP contribution in [0.1, 0.15) is 19.8 Å². The summed E-state index contributed by atoms with van der Waals surface area (Å²) in [5.41, 5.74) is 2.54. The molecule has 3 atom stereocenters. The monoisotopic (exact) mass is 373 g/mol. The molecule has 142 valence electrons. The second kappa shape index (κ2) is 6.56. The number of aromatic amines is 1. The molecule has 0 bridgehead atoms. The number of fused-ring (bicyclic) bond motifs is 2. The number of aliphatic hydroxyl groups is 1. The number of hydrogen-bond acceptors (Lipinski definition) is 5. The molecule has 4 aromatic rings. The van der Waals surface area contributed by atoms with E-state index in [9.17, 15) is 5.11 Å². The fourth-order valence-electron chi connectivity index (χ4n) is 4.33. The fourth-order valence-corrected chi connectivity index (χ4v) is 4.33. The number of nitrogens with zero attached hydrogens (tertiary/aromatic N) is 4. The Balaban J connectivity index is 1.60. The van der Waals surface area contributed by atoms with Crippen molar-refractivity contribution in [1.82, 2.24) is 19.9 Å². The molecule has 5 rings (SSSR count). The summed E-state index contributed by atoms with van der Waals surface area (Å²) in [7, 11) is 2.04. The maximum absolute atomic E-state index is 10.2. The molecule has 0 saturated heterocycles. The molecule has 6 nitrogen and oxygen atoms in total. The second-order valence-electron chi connectivity index (χ2n) is 7.79. The number of nitrogens with one attached hydrogen (secondary N) is 1. The SMILES string of the molecule is C[C@H]1C[C@@H](N(C)c2ncnc3nc(-c4cccc5ccccc45)[nH]c23)C[C@@H]1O. The molecule has 0 radical (unpaired) electrons. The molecule has 0 aliphatic heterocycles. The van der Waals surface area contributed by atoms with E-state index in [1.54, 1.807) is 6.33 Å². The molecule has 2 N–H and O–H groups in total. The Morgan fingerprint density at radius 2 is 1.89 bits per heavy atom. The molecule has 1 fully saturated rings. The van der Waals surface area contributed by atoms with E-state index in [2.05, 4.69) is 51.0 Å². The Morgan fingerprint density at radius 3 is 2.71 bits per heavy atom. The Bertz CT molecular complexity index is 1140. The molecule has 2 aromatic heterocycles. The van der Waals surface area contributed by atoms with Crippen molar-refractivity contribution in [2.45, 2.75) is 31.9 Å². The van der Waals surface area contributed by atoms with Gasteiger partial charge in [0, 0.05) is 18.7 Å². The van der Waals surface area contributed by atoms with Gasteiger partial charge in [-0.25, -0.2) is 15.0 Å². The summed E-state index contributed by atoms with van der Waals surface area (Å²) in [5, 5.41) is 12.5. The van der Waals surface area contributed by atoms with Gasteiger partial charge >= 0.3 is 0 Å². The molecular formula is C22H23N5O. The summed E-state index contributed by atoms with van der Waals surface area (Å²) in [4.78, 5) is 19.3. The number of anilines is 1. The van der Waals surface area contributed by atoms with E-state index in [4.69, 9.17) is 4.98 Å². The third kappa shape index (κ3) is 2.72. The molecule has 0 unspecified atom stereocenters. The van der Waals surface area contributed by atoms with Crippen molar-refractivity contribution in [3.8, 4) is 11.4 Å². The zero-order chi connectivity index (χ0) is 19.3. The van der Waals surface area contributed by atoms with Crippen LogP contribution in [0.15, 0.2) is 48.8 Å². The normalized spacial score (nSPS) is 22.2. The molecule has 0 amide bonds. The number of imidazole rings is 1. The smallest absolute Gasteiger partial charge is 0.183 e. The number of H-pyrrole nitrogens is 1. The van der Waals surface area contributed by atoms with Crippen LogP contribution in [0.5, 0.6) is 0 Å². The lowest BCUT2D eigenvalue weighted by Crippen LogP contribution is -2.30. The standard InChI is InChI=1S/C22H23N5O/c1-13-10-15(11-18(13)28)27(2)22-19-21(23-12-24-22)26-20(25-19)17-9-5-7-14-6-3-4-8-16(14)17/h3-9,12-13,15,18,28H,10-11H2,1-2H3,(H,23,24,25,26)/t13-,15+,18-/m0/s1. The lowest BCUT2D eigenvalue weighted by atomic mass is 10.0. The Hall–Kier alpha value is -2.99. The van der Waals surface area contributed by atoms with Crippen molar-refractivity contribution >= 4 is 27.8 Å². The van der Waals surface area contributed by atoms with Gasteiger partial charge in [-0.15, -0.1) is 0 Å². The van der Waals surface area contributed by atoms with Crippen LogP contribution in [-0.2, 0) is 0 Å². The first-order valence-electron chi connectivity index (χ1n) is 9.71. The number of hydrogen-bond donors (Lipinski definition) is 2. The summed E-state index contributed by atoms with van der Waals surface area (Å²) in [5.74, 6) is 1.93. The van der Waals surface area contributed by atoms with Crippen molar-refractivity contribution in [3.05, 3.63) is 48.8 Å². The highest BCUT2D eigenvalue weighted by Crippen LogP contribution is 2.34. The van der Waals surface area contributed by atoms with E-state index in [-0.39, 0.29) is 12.1 Å². The van der Waals surface area contributed by atoms with Crippen LogP contribution in [0, 0.1) is 5.92 Å². The zero-order valence-corrected chi connectivity index (χ0v) is 16.0. The Labute approximate surface area is 163 Å². The van der Waals surface area contributed by atoms with Crippen LogP contribution < -0.4 is 4.90 Å². The quantitative estimate of drug-likeness (QED) is 0.572. The molecular weight excluding hydrogens is 350 g/mol. The van der Waals surface area contributed by atoms with Gasteiger partial charge in [0.25, 0.3) is 0 Å². The molecule has 1 aliphatic rings. The van der Waals surface area contributed by atoms with E-state index in [1.807, 2.05) is 25.2 Å². The molecule has 1 saturated carbocycles. The van der Waals surface area contributed by atoms with E-state index in [0.29, 0.717) is 11.6 Å². The van der Waals surface area contributed by atoms with Gasteiger partial charge in [-0.05, 0) is 29.5 Å². The first-order chi connectivity index (χ1) is 13.6.